The molecule has 0 N–H and O–H groups in total. The summed E-state index contributed by atoms with van der Waals surface area (Å²) in [6.45, 7) is 6.83. The van der Waals surface area contributed by atoms with Crippen molar-refractivity contribution >= 4 is 11.6 Å². The van der Waals surface area contributed by atoms with Crippen LogP contribution in [-0.2, 0) is 16.1 Å². The standard InChI is InChI=1S/C15H19ClO2/c1-13(17-10-6-9-16)11-14(2)18-12-15-7-4-3-5-8-15/h3-5,7-8,11H,1,6,9-10,12H2,2H3/b14-11+. The van der Waals surface area contributed by atoms with Gasteiger partial charge in [0.05, 0.1) is 12.4 Å². The smallest absolute Gasteiger partial charge is 0.115 e. The summed E-state index contributed by atoms with van der Waals surface area (Å²) in [6.07, 6.45) is 2.61. The van der Waals surface area contributed by atoms with Crippen molar-refractivity contribution in [2.75, 3.05) is 12.5 Å². The van der Waals surface area contributed by atoms with Crippen LogP contribution in [0.1, 0.15) is 18.9 Å². The number of benzene rings is 1. The molecule has 1 aromatic carbocycles. The van der Waals surface area contributed by atoms with E-state index in [1.54, 1.807) is 6.08 Å². The first-order valence-corrected chi connectivity index (χ1v) is 6.48. The van der Waals surface area contributed by atoms with Gasteiger partial charge in [-0.05, 0) is 18.9 Å². The van der Waals surface area contributed by atoms with Gasteiger partial charge in [0.15, 0.2) is 0 Å². The Morgan fingerprint density at radius 2 is 2.00 bits per heavy atom. The average Bonchev–Trinajstić information content (AvgIpc) is 2.38. The molecule has 0 aliphatic heterocycles. The van der Waals surface area contributed by atoms with Crippen molar-refractivity contribution in [3.63, 3.8) is 0 Å². The van der Waals surface area contributed by atoms with Gasteiger partial charge >= 0.3 is 0 Å². The van der Waals surface area contributed by atoms with Crippen LogP contribution in [0.25, 0.3) is 0 Å². The van der Waals surface area contributed by atoms with Crippen molar-refractivity contribution in [1.82, 2.24) is 0 Å². The van der Waals surface area contributed by atoms with Crippen LogP contribution in [0.3, 0.4) is 0 Å². The fourth-order valence-electron chi connectivity index (χ4n) is 1.34. The van der Waals surface area contributed by atoms with E-state index >= 15 is 0 Å². The Morgan fingerprint density at radius 1 is 1.28 bits per heavy atom. The van der Waals surface area contributed by atoms with E-state index in [9.17, 15) is 0 Å². The fraction of sp³-hybridized carbons (Fsp3) is 0.333. The first-order valence-electron chi connectivity index (χ1n) is 5.95. The molecular weight excluding hydrogens is 248 g/mol. The van der Waals surface area contributed by atoms with E-state index in [0.29, 0.717) is 24.9 Å². The molecule has 3 heteroatoms. The predicted molar refractivity (Wildman–Crippen MR) is 75.4 cm³/mol. The number of halogens is 1. The van der Waals surface area contributed by atoms with Crippen LogP contribution >= 0.6 is 11.6 Å². The van der Waals surface area contributed by atoms with Crippen molar-refractivity contribution in [2.24, 2.45) is 0 Å². The van der Waals surface area contributed by atoms with Crippen molar-refractivity contribution in [3.8, 4) is 0 Å². The molecule has 0 spiro atoms. The van der Waals surface area contributed by atoms with Crippen LogP contribution in [0.5, 0.6) is 0 Å². The summed E-state index contributed by atoms with van der Waals surface area (Å²) in [5.41, 5.74) is 1.14. The van der Waals surface area contributed by atoms with Gasteiger partial charge in [0.1, 0.15) is 12.4 Å². The summed E-state index contributed by atoms with van der Waals surface area (Å²) in [5.74, 6) is 1.99. The second kappa shape index (κ2) is 8.65. The highest BCUT2D eigenvalue weighted by atomic mass is 35.5. The van der Waals surface area contributed by atoms with Gasteiger partial charge < -0.3 is 9.47 Å². The zero-order valence-electron chi connectivity index (χ0n) is 10.7. The maximum Gasteiger partial charge on any atom is 0.115 e. The van der Waals surface area contributed by atoms with E-state index in [2.05, 4.69) is 6.58 Å². The molecule has 18 heavy (non-hydrogen) atoms. The first-order chi connectivity index (χ1) is 8.72. The minimum absolute atomic E-state index is 0.554. The summed E-state index contributed by atoms with van der Waals surface area (Å²) in [4.78, 5) is 0. The van der Waals surface area contributed by atoms with E-state index in [1.165, 1.54) is 0 Å². The SMILES string of the molecule is C=C(/C=C(\C)OCc1ccccc1)OCCCCl. The Labute approximate surface area is 114 Å². The molecule has 0 bridgehead atoms. The van der Waals surface area contributed by atoms with Gasteiger partial charge in [0, 0.05) is 12.0 Å². The Bertz CT molecular complexity index is 385. The van der Waals surface area contributed by atoms with Crippen LogP contribution < -0.4 is 0 Å². The Hall–Kier alpha value is -1.41. The topological polar surface area (TPSA) is 18.5 Å². The van der Waals surface area contributed by atoms with Crippen LogP contribution in [0.2, 0.25) is 0 Å². The average molecular weight is 267 g/mol. The molecule has 1 rings (SSSR count). The number of ether oxygens (including phenoxy) is 2. The van der Waals surface area contributed by atoms with Gasteiger partial charge in [-0.15, -0.1) is 11.6 Å². The maximum absolute atomic E-state index is 5.60. The van der Waals surface area contributed by atoms with Crippen molar-refractivity contribution in [2.45, 2.75) is 20.0 Å². The lowest BCUT2D eigenvalue weighted by atomic mass is 10.2. The molecule has 0 heterocycles. The lowest BCUT2D eigenvalue weighted by Crippen LogP contribution is -1.95. The minimum atomic E-state index is 0.554. The molecule has 0 aliphatic rings. The summed E-state index contributed by atoms with van der Waals surface area (Å²) in [7, 11) is 0. The van der Waals surface area contributed by atoms with Gasteiger partial charge in [-0.2, -0.15) is 0 Å². The molecule has 98 valence electrons. The molecule has 0 aromatic heterocycles. The van der Waals surface area contributed by atoms with E-state index < -0.39 is 0 Å². The highest BCUT2D eigenvalue weighted by Gasteiger charge is 1.96. The highest BCUT2D eigenvalue weighted by molar-refractivity contribution is 6.17. The fourth-order valence-corrected chi connectivity index (χ4v) is 1.45. The zero-order chi connectivity index (χ0) is 13.2. The summed E-state index contributed by atoms with van der Waals surface area (Å²) >= 11 is 5.56. The van der Waals surface area contributed by atoms with Gasteiger partial charge in [0.2, 0.25) is 0 Å². The Morgan fingerprint density at radius 3 is 2.67 bits per heavy atom. The molecular formula is C15H19ClO2. The lowest BCUT2D eigenvalue weighted by molar-refractivity contribution is 0.191. The molecule has 0 amide bonds. The molecule has 0 atom stereocenters. The summed E-state index contributed by atoms with van der Waals surface area (Å²) < 4.78 is 11.0. The van der Waals surface area contributed by atoms with Crippen LogP contribution in [0.4, 0.5) is 0 Å². The molecule has 0 saturated carbocycles. The van der Waals surface area contributed by atoms with Crippen molar-refractivity contribution < 1.29 is 9.47 Å². The quantitative estimate of drug-likeness (QED) is 0.303. The second-order valence-electron chi connectivity index (χ2n) is 3.89. The molecule has 2 nitrogen and oxygen atoms in total. The van der Waals surface area contributed by atoms with E-state index in [1.807, 2.05) is 37.3 Å². The van der Waals surface area contributed by atoms with Crippen LogP contribution in [0, 0.1) is 0 Å². The van der Waals surface area contributed by atoms with Gasteiger partial charge in [-0.25, -0.2) is 0 Å². The number of allylic oxidation sites excluding steroid dienone is 2. The van der Waals surface area contributed by atoms with Crippen molar-refractivity contribution in [1.29, 1.82) is 0 Å². The largest absolute Gasteiger partial charge is 0.494 e. The Balaban J connectivity index is 2.31. The summed E-state index contributed by atoms with van der Waals surface area (Å²) in [5, 5.41) is 0. The van der Waals surface area contributed by atoms with E-state index in [0.717, 1.165) is 17.7 Å². The molecule has 0 aliphatic carbocycles. The first kappa shape index (κ1) is 14.7. The second-order valence-corrected chi connectivity index (χ2v) is 4.26. The number of hydrogen-bond donors (Lipinski definition) is 0. The maximum atomic E-state index is 5.60. The van der Waals surface area contributed by atoms with Gasteiger partial charge in [0.25, 0.3) is 0 Å². The monoisotopic (exact) mass is 266 g/mol. The Kier molecular flexibility index (Phi) is 7.04. The number of alkyl halides is 1. The number of rotatable bonds is 8. The summed E-state index contributed by atoms with van der Waals surface area (Å²) in [6, 6.07) is 10.0. The third-order valence-corrected chi connectivity index (χ3v) is 2.51. The van der Waals surface area contributed by atoms with Crippen molar-refractivity contribution in [3.05, 3.63) is 60.1 Å². The lowest BCUT2D eigenvalue weighted by Gasteiger charge is -2.08. The normalized spacial score (nSPS) is 11.1. The van der Waals surface area contributed by atoms with E-state index in [4.69, 9.17) is 21.1 Å². The van der Waals surface area contributed by atoms with Gasteiger partial charge in [-0.1, -0.05) is 36.9 Å². The third-order valence-electron chi connectivity index (χ3n) is 2.24. The molecule has 0 saturated heterocycles. The highest BCUT2D eigenvalue weighted by Crippen LogP contribution is 2.08. The molecule has 0 fully saturated rings. The van der Waals surface area contributed by atoms with Crippen LogP contribution in [0.15, 0.2) is 54.5 Å². The third kappa shape index (κ3) is 6.36. The molecule has 0 radical (unpaired) electrons. The predicted octanol–water partition coefficient (Wildman–Crippen LogP) is 4.27. The molecule has 0 unspecified atom stereocenters. The minimum Gasteiger partial charge on any atom is -0.494 e. The van der Waals surface area contributed by atoms with E-state index in [-0.39, 0.29) is 0 Å². The number of hydrogen-bond acceptors (Lipinski definition) is 2. The zero-order valence-corrected chi connectivity index (χ0v) is 11.5. The van der Waals surface area contributed by atoms with Gasteiger partial charge in [-0.3, -0.25) is 0 Å². The van der Waals surface area contributed by atoms with Crippen LogP contribution in [-0.4, -0.2) is 12.5 Å². The molecule has 1 aromatic rings.